The number of carbonyl (C=O) groups excluding carboxylic acids is 1. The van der Waals surface area contributed by atoms with E-state index in [9.17, 15) is 4.79 Å². The summed E-state index contributed by atoms with van der Waals surface area (Å²) >= 11 is 7.24. The van der Waals surface area contributed by atoms with Gasteiger partial charge in [0.1, 0.15) is 11.5 Å². The zero-order chi connectivity index (χ0) is 26.4. The van der Waals surface area contributed by atoms with E-state index in [4.69, 9.17) is 35.3 Å². The van der Waals surface area contributed by atoms with Gasteiger partial charge in [0.05, 0.1) is 44.9 Å². The lowest BCUT2D eigenvalue weighted by atomic mass is 10.2. The van der Waals surface area contributed by atoms with Crippen LogP contribution in [0.4, 0.5) is 5.13 Å². The molecule has 0 atom stereocenters. The smallest absolute Gasteiger partial charge is 0.287 e. The second-order valence-corrected chi connectivity index (χ2v) is 8.93. The fourth-order valence-electron chi connectivity index (χ4n) is 3.37. The first-order chi connectivity index (χ1) is 17.9. The standard InChI is InChI=1S/C26H24ClN3O6S/c1-32-19-9-10-20-23(13-19)37-26(29-20)30(24(31)15-36-18-7-5-17(27)6-8-18)28-14-16-11-21(33-2)25(35-4)22(12-16)34-3/h5-14H,15H2,1-4H3/b28-14+. The van der Waals surface area contributed by atoms with Gasteiger partial charge in [-0.3, -0.25) is 4.79 Å². The second-order valence-electron chi connectivity index (χ2n) is 7.48. The number of benzene rings is 3. The highest BCUT2D eigenvalue weighted by molar-refractivity contribution is 7.22. The summed E-state index contributed by atoms with van der Waals surface area (Å²) in [7, 11) is 6.17. The van der Waals surface area contributed by atoms with Crippen LogP contribution in [0, 0.1) is 0 Å². The van der Waals surface area contributed by atoms with Crippen LogP contribution < -0.4 is 28.7 Å². The molecule has 0 spiro atoms. The number of nitrogens with zero attached hydrogens (tertiary/aromatic N) is 3. The number of halogens is 1. The van der Waals surface area contributed by atoms with Crippen molar-refractivity contribution >= 4 is 50.4 Å². The highest BCUT2D eigenvalue weighted by Gasteiger charge is 2.21. The summed E-state index contributed by atoms with van der Waals surface area (Å²) in [6, 6.07) is 15.7. The van der Waals surface area contributed by atoms with E-state index in [0.717, 1.165) is 4.70 Å². The molecule has 0 fully saturated rings. The molecule has 3 aromatic carbocycles. The number of hydrogen-bond donors (Lipinski definition) is 0. The van der Waals surface area contributed by atoms with Crippen molar-refractivity contribution in [2.75, 3.05) is 40.1 Å². The predicted molar refractivity (Wildman–Crippen MR) is 144 cm³/mol. The van der Waals surface area contributed by atoms with Crippen LogP contribution in [0.15, 0.2) is 59.7 Å². The normalized spacial score (nSPS) is 10.9. The van der Waals surface area contributed by atoms with Crippen molar-refractivity contribution in [1.82, 2.24) is 4.98 Å². The Labute approximate surface area is 222 Å². The van der Waals surface area contributed by atoms with Gasteiger partial charge < -0.3 is 23.7 Å². The molecule has 0 aliphatic heterocycles. The number of anilines is 1. The summed E-state index contributed by atoms with van der Waals surface area (Å²) in [6.07, 6.45) is 1.51. The first-order valence-electron chi connectivity index (χ1n) is 11.0. The maximum atomic E-state index is 13.3. The van der Waals surface area contributed by atoms with E-state index in [1.807, 2.05) is 12.1 Å². The molecule has 1 amide bonds. The van der Waals surface area contributed by atoms with Crippen LogP contribution in [-0.4, -0.2) is 52.2 Å². The fourth-order valence-corrected chi connectivity index (χ4v) is 4.46. The molecular formula is C26H24ClN3O6S. The lowest BCUT2D eigenvalue weighted by Crippen LogP contribution is -2.30. The molecule has 11 heteroatoms. The molecule has 0 unspecified atom stereocenters. The van der Waals surface area contributed by atoms with Crippen LogP contribution in [0.3, 0.4) is 0 Å². The van der Waals surface area contributed by atoms with Gasteiger partial charge in [-0.2, -0.15) is 10.1 Å². The quantitative estimate of drug-likeness (QED) is 0.195. The summed E-state index contributed by atoms with van der Waals surface area (Å²) < 4.78 is 28.0. The lowest BCUT2D eigenvalue weighted by molar-refractivity contribution is -0.120. The Hall–Kier alpha value is -4.02. The molecule has 0 bridgehead atoms. The van der Waals surface area contributed by atoms with Crippen LogP contribution in [-0.2, 0) is 4.79 Å². The minimum absolute atomic E-state index is 0.270. The predicted octanol–water partition coefficient (Wildman–Crippen LogP) is 5.43. The van der Waals surface area contributed by atoms with Crippen LogP contribution >= 0.6 is 22.9 Å². The van der Waals surface area contributed by atoms with Crippen LogP contribution in [0.2, 0.25) is 5.02 Å². The molecule has 1 aromatic heterocycles. The van der Waals surface area contributed by atoms with Crippen molar-refractivity contribution in [3.63, 3.8) is 0 Å². The Bertz CT molecular complexity index is 1400. The van der Waals surface area contributed by atoms with Gasteiger partial charge in [-0.15, -0.1) is 0 Å². The molecule has 37 heavy (non-hydrogen) atoms. The van der Waals surface area contributed by atoms with Gasteiger partial charge >= 0.3 is 0 Å². The molecule has 0 N–H and O–H groups in total. The molecule has 0 aliphatic carbocycles. The van der Waals surface area contributed by atoms with Crippen LogP contribution in [0.5, 0.6) is 28.7 Å². The van der Waals surface area contributed by atoms with E-state index in [0.29, 0.717) is 50.0 Å². The van der Waals surface area contributed by atoms with Crippen molar-refractivity contribution in [2.45, 2.75) is 0 Å². The third-order valence-electron chi connectivity index (χ3n) is 5.19. The zero-order valence-electron chi connectivity index (χ0n) is 20.6. The van der Waals surface area contributed by atoms with Gasteiger partial charge in [-0.05, 0) is 54.6 Å². The number of aromatic nitrogens is 1. The third kappa shape index (κ3) is 6.04. The fraction of sp³-hybridized carbons (Fsp3) is 0.192. The summed E-state index contributed by atoms with van der Waals surface area (Å²) in [5.74, 6) is 2.13. The molecular weight excluding hydrogens is 518 g/mol. The Kier molecular flexibility index (Phi) is 8.32. The topological polar surface area (TPSA) is 91.7 Å². The molecule has 0 saturated heterocycles. The number of hydrogen-bond acceptors (Lipinski definition) is 9. The number of carbonyl (C=O) groups is 1. The number of fused-ring (bicyclic) bond motifs is 1. The van der Waals surface area contributed by atoms with Crippen molar-refractivity contribution in [3.8, 4) is 28.7 Å². The summed E-state index contributed by atoms with van der Waals surface area (Å²) in [5.41, 5.74) is 1.33. The lowest BCUT2D eigenvalue weighted by Gasteiger charge is -2.15. The van der Waals surface area contributed by atoms with Crippen LogP contribution in [0.25, 0.3) is 10.2 Å². The molecule has 0 saturated carbocycles. The number of rotatable bonds is 10. The Balaban J connectivity index is 1.68. The molecule has 9 nitrogen and oxygen atoms in total. The number of methoxy groups -OCH3 is 4. The number of thiazole rings is 1. The average Bonchev–Trinajstić information content (AvgIpc) is 3.35. The van der Waals surface area contributed by atoms with Crippen molar-refractivity contribution in [3.05, 3.63) is 65.2 Å². The molecule has 4 rings (SSSR count). The van der Waals surface area contributed by atoms with Gasteiger partial charge in [0.2, 0.25) is 10.9 Å². The maximum Gasteiger partial charge on any atom is 0.287 e. The van der Waals surface area contributed by atoms with Crippen molar-refractivity contribution in [1.29, 1.82) is 0 Å². The van der Waals surface area contributed by atoms with Gasteiger partial charge in [-0.1, -0.05) is 22.9 Å². The Morgan fingerprint density at radius 2 is 1.62 bits per heavy atom. The number of ether oxygens (including phenoxy) is 5. The maximum absolute atomic E-state index is 13.3. The molecule has 0 radical (unpaired) electrons. The number of amides is 1. The minimum atomic E-state index is -0.426. The van der Waals surface area contributed by atoms with E-state index >= 15 is 0 Å². The van der Waals surface area contributed by atoms with E-state index in [-0.39, 0.29) is 6.61 Å². The minimum Gasteiger partial charge on any atom is -0.497 e. The van der Waals surface area contributed by atoms with E-state index in [2.05, 4.69) is 10.1 Å². The first kappa shape index (κ1) is 26.1. The molecule has 4 aromatic rings. The van der Waals surface area contributed by atoms with E-state index < -0.39 is 5.91 Å². The van der Waals surface area contributed by atoms with Gasteiger partial charge in [0.15, 0.2) is 18.1 Å². The largest absolute Gasteiger partial charge is 0.497 e. The average molecular weight is 542 g/mol. The Morgan fingerprint density at radius 1 is 0.946 bits per heavy atom. The van der Waals surface area contributed by atoms with Crippen molar-refractivity contribution in [2.24, 2.45) is 5.10 Å². The van der Waals surface area contributed by atoms with Gasteiger partial charge in [0, 0.05) is 10.6 Å². The SMILES string of the molecule is COc1ccc2nc(N(/N=C/c3cc(OC)c(OC)c(OC)c3)C(=O)COc3ccc(Cl)cc3)sc2c1. The third-order valence-corrected chi connectivity index (χ3v) is 6.43. The number of hydrazone groups is 1. The highest BCUT2D eigenvalue weighted by atomic mass is 35.5. The second kappa shape index (κ2) is 11.8. The summed E-state index contributed by atoms with van der Waals surface area (Å²) in [5, 5.41) is 6.60. The molecule has 0 aliphatic rings. The van der Waals surface area contributed by atoms with E-state index in [1.54, 1.807) is 49.6 Å². The highest BCUT2D eigenvalue weighted by Crippen LogP contribution is 2.38. The Morgan fingerprint density at radius 3 is 2.24 bits per heavy atom. The van der Waals surface area contributed by atoms with Crippen LogP contribution in [0.1, 0.15) is 5.56 Å². The molecule has 1 heterocycles. The monoisotopic (exact) mass is 541 g/mol. The zero-order valence-corrected chi connectivity index (χ0v) is 22.1. The summed E-state index contributed by atoms with van der Waals surface area (Å²) in [4.78, 5) is 17.9. The summed E-state index contributed by atoms with van der Waals surface area (Å²) in [6.45, 7) is -0.270. The van der Waals surface area contributed by atoms with Gasteiger partial charge in [-0.25, -0.2) is 4.98 Å². The first-order valence-corrected chi connectivity index (χ1v) is 12.1. The van der Waals surface area contributed by atoms with E-state index in [1.165, 1.54) is 43.9 Å². The van der Waals surface area contributed by atoms with Gasteiger partial charge in [0.25, 0.3) is 5.91 Å². The molecule has 192 valence electrons. The van der Waals surface area contributed by atoms with Crippen molar-refractivity contribution < 1.29 is 28.5 Å².